The molecule has 0 bridgehead atoms. The minimum atomic E-state index is -1.13. The van der Waals surface area contributed by atoms with Crippen molar-refractivity contribution in [3.05, 3.63) is 76.7 Å². The van der Waals surface area contributed by atoms with Crippen LogP contribution >= 0.6 is 0 Å². The third-order valence-electron chi connectivity index (χ3n) is 7.88. The molecule has 1 unspecified atom stereocenters. The highest BCUT2D eigenvalue weighted by Crippen LogP contribution is 2.36. The number of carbonyl (C=O) groups excluding carboxylic acids is 2. The summed E-state index contributed by atoms with van der Waals surface area (Å²) < 4.78 is 17.9. The van der Waals surface area contributed by atoms with Gasteiger partial charge in [0, 0.05) is 24.3 Å². The first kappa shape index (κ1) is 35.5. The summed E-state index contributed by atoms with van der Waals surface area (Å²) in [5.41, 5.74) is 1.29. The van der Waals surface area contributed by atoms with Gasteiger partial charge >= 0.3 is 12.1 Å². The summed E-state index contributed by atoms with van der Waals surface area (Å²) in [6, 6.07) is 19.1. The molecule has 47 heavy (non-hydrogen) atoms. The Balaban J connectivity index is 1.51. The number of benzene rings is 3. The molecule has 0 radical (unpaired) electrons. The second kappa shape index (κ2) is 16.5. The molecule has 0 saturated heterocycles. The molecule has 0 spiro atoms. The summed E-state index contributed by atoms with van der Waals surface area (Å²) in [7, 11) is 0. The summed E-state index contributed by atoms with van der Waals surface area (Å²) in [6.45, 7) is 10.3. The van der Waals surface area contributed by atoms with Gasteiger partial charge < -0.3 is 30.0 Å². The maximum Gasteiger partial charge on any atom is 0.407 e. The lowest BCUT2D eigenvalue weighted by molar-refractivity contribution is -0.142. The molecule has 2 amide bonds. The predicted molar refractivity (Wildman–Crippen MR) is 184 cm³/mol. The normalized spacial score (nSPS) is 15.0. The second-order valence-electron chi connectivity index (χ2n) is 13.3. The van der Waals surface area contributed by atoms with Gasteiger partial charge in [0.2, 0.25) is 0 Å². The number of hydrogen-bond donors (Lipinski definition) is 3. The van der Waals surface area contributed by atoms with Crippen molar-refractivity contribution in [3.63, 3.8) is 0 Å². The number of amides is 2. The average molecular weight is 645 g/mol. The largest absolute Gasteiger partial charge is 0.483 e. The maximum atomic E-state index is 13.1. The Bertz CT molecular complexity index is 1680. The van der Waals surface area contributed by atoms with Gasteiger partial charge in [-0.15, -0.1) is 0 Å². The number of carboxylic acid groups (broad SMARTS) is 1. The van der Waals surface area contributed by atoms with E-state index in [0.717, 1.165) is 38.8 Å². The number of rotatable bonds is 15. The van der Waals surface area contributed by atoms with E-state index in [0.29, 0.717) is 44.1 Å². The first-order chi connectivity index (χ1) is 22.4. The van der Waals surface area contributed by atoms with Crippen LogP contribution in [0.25, 0.3) is 22.4 Å². The van der Waals surface area contributed by atoms with Crippen molar-refractivity contribution in [2.45, 2.75) is 84.5 Å². The summed E-state index contributed by atoms with van der Waals surface area (Å²) >= 11 is 0. The lowest BCUT2D eigenvalue weighted by Gasteiger charge is -2.26. The van der Waals surface area contributed by atoms with Gasteiger partial charge in [0.05, 0.1) is 6.10 Å². The molecule has 4 rings (SSSR count). The number of unbranched alkanes of at least 4 members (excludes halogenated alkanes) is 1. The van der Waals surface area contributed by atoms with Crippen molar-refractivity contribution >= 4 is 40.4 Å². The Morgan fingerprint density at radius 2 is 1.70 bits per heavy atom. The summed E-state index contributed by atoms with van der Waals surface area (Å²) in [5.74, 6) is -0.618. The highest BCUT2D eigenvalue weighted by atomic mass is 16.6. The van der Waals surface area contributed by atoms with Crippen LogP contribution in [-0.4, -0.2) is 60.6 Å². The minimum absolute atomic E-state index is 0.202. The molecule has 0 aliphatic heterocycles. The molecule has 3 N–H and O–H groups in total. The first-order valence-electron chi connectivity index (χ1n) is 16.5. The molecule has 2 atom stereocenters. The third-order valence-corrected chi connectivity index (χ3v) is 7.88. The van der Waals surface area contributed by atoms with Gasteiger partial charge in [-0.3, -0.25) is 4.79 Å². The highest BCUT2D eigenvalue weighted by Gasteiger charge is 2.26. The summed E-state index contributed by atoms with van der Waals surface area (Å²) in [6.07, 6.45) is 4.36. The van der Waals surface area contributed by atoms with Crippen molar-refractivity contribution in [2.75, 3.05) is 19.8 Å². The SMILES string of the molecule is CC(C)CCOC1CC=c2ccccc2=C1c1c(OCC(=O)N[C@H](CCCCNC(=O)OC(C)(C)C)C(=O)O)ccc2ccccc12. The molecule has 9 heteroatoms. The van der Waals surface area contributed by atoms with Crippen LogP contribution in [0.3, 0.4) is 0 Å². The molecule has 1 aliphatic carbocycles. The molecule has 1 aliphatic rings. The Kier molecular flexibility index (Phi) is 12.4. The van der Waals surface area contributed by atoms with Crippen LogP contribution in [-0.2, 0) is 19.1 Å². The van der Waals surface area contributed by atoms with Gasteiger partial charge in [0.1, 0.15) is 17.4 Å². The Labute approximate surface area is 277 Å². The summed E-state index contributed by atoms with van der Waals surface area (Å²) in [4.78, 5) is 36.8. The monoisotopic (exact) mass is 644 g/mol. The van der Waals surface area contributed by atoms with Crippen LogP contribution in [0.1, 0.15) is 72.3 Å². The standard InChI is InChI=1S/C38H48N2O7/c1-25(2)21-23-45-31-19-17-26-12-6-8-14-28(26)34(31)35-29-15-9-7-13-27(29)18-20-32(35)46-24-33(41)40-30(36(42)43)16-10-11-22-39-37(44)47-38(3,4)5/h6-9,12-15,17-18,20,25,30-31H,10-11,16,19,21-24H2,1-5H3,(H,39,44)(H,40,41)(H,42,43)/t30-,31?/m1/s1. The lowest BCUT2D eigenvalue weighted by atomic mass is 9.87. The highest BCUT2D eigenvalue weighted by molar-refractivity contribution is 5.98. The van der Waals surface area contributed by atoms with Gasteiger partial charge in [-0.05, 0) is 86.1 Å². The molecule has 252 valence electrons. The Morgan fingerprint density at radius 3 is 2.45 bits per heavy atom. The Morgan fingerprint density at radius 1 is 0.957 bits per heavy atom. The lowest BCUT2D eigenvalue weighted by Crippen LogP contribution is -2.43. The topological polar surface area (TPSA) is 123 Å². The molecule has 0 saturated carbocycles. The third kappa shape index (κ3) is 10.3. The van der Waals surface area contributed by atoms with Gasteiger partial charge in [-0.2, -0.15) is 0 Å². The number of hydrogen-bond acceptors (Lipinski definition) is 6. The average Bonchev–Trinajstić information content (AvgIpc) is 3.01. The van der Waals surface area contributed by atoms with Crippen molar-refractivity contribution in [1.82, 2.24) is 10.6 Å². The van der Waals surface area contributed by atoms with Gasteiger partial charge in [0.15, 0.2) is 6.61 Å². The fourth-order valence-electron chi connectivity index (χ4n) is 5.60. The summed E-state index contributed by atoms with van der Waals surface area (Å²) in [5, 5.41) is 19.2. The van der Waals surface area contributed by atoms with E-state index in [1.54, 1.807) is 20.8 Å². The fraction of sp³-hybridized carbons (Fsp3) is 0.447. The molecular weight excluding hydrogens is 596 g/mol. The van der Waals surface area contributed by atoms with Gasteiger partial charge in [0.25, 0.3) is 5.91 Å². The van der Waals surface area contributed by atoms with Crippen molar-refractivity contribution in [1.29, 1.82) is 0 Å². The van der Waals surface area contributed by atoms with Gasteiger partial charge in [-0.25, -0.2) is 9.59 Å². The number of alkyl carbamates (subject to hydrolysis) is 1. The molecule has 3 aromatic carbocycles. The van der Waals surface area contributed by atoms with Crippen LogP contribution < -0.4 is 25.8 Å². The zero-order valence-corrected chi connectivity index (χ0v) is 28.1. The van der Waals surface area contributed by atoms with Crippen LogP contribution in [0, 0.1) is 5.92 Å². The zero-order chi connectivity index (χ0) is 34.0. The number of carbonyl (C=O) groups is 3. The van der Waals surface area contributed by atoms with E-state index in [9.17, 15) is 19.5 Å². The minimum Gasteiger partial charge on any atom is -0.483 e. The molecule has 9 nitrogen and oxygen atoms in total. The molecule has 0 aromatic heterocycles. The van der Waals surface area contributed by atoms with E-state index in [-0.39, 0.29) is 19.1 Å². The maximum absolute atomic E-state index is 13.1. The first-order valence-corrected chi connectivity index (χ1v) is 16.5. The molecular formula is C38H48N2O7. The van der Waals surface area contributed by atoms with Crippen molar-refractivity contribution < 1.29 is 33.7 Å². The second-order valence-corrected chi connectivity index (χ2v) is 13.3. The number of nitrogens with one attached hydrogen (secondary N) is 2. The quantitative estimate of drug-likeness (QED) is 0.192. The van der Waals surface area contributed by atoms with Crippen molar-refractivity contribution in [2.24, 2.45) is 5.92 Å². The van der Waals surface area contributed by atoms with E-state index < -0.39 is 29.6 Å². The van der Waals surface area contributed by atoms with Crippen LogP contribution in [0.4, 0.5) is 4.79 Å². The fourth-order valence-corrected chi connectivity index (χ4v) is 5.60. The smallest absolute Gasteiger partial charge is 0.407 e. The van der Waals surface area contributed by atoms with E-state index >= 15 is 0 Å². The van der Waals surface area contributed by atoms with Crippen LogP contribution in [0.15, 0.2) is 60.7 Å². The predicted octanol–water partition coefficient (Wildman–Crippen LogP) is 5.30. The van der Waals surface area contributed by atoms with Crippen LogP contribution in [0.5, 0.6) is 5.75 Å². The molecule has 0 heterocycles. The van der Waals surface area contributed by atoms with Gasteiger partial charge in [-0.1, -0.05) is 74.5 Å². The van der Waals surface area contributed by atoms with Crippen LogP contribution in [0.2, 0.25) is 0 Å². The molecule has 3 aromatic rings. The number of aliphatic carboxylic acids is 1. The molecule has 0 fully saturated rings. The number of fused-ring (bicyclic) bond motifs is 2. The van der Waals surface area contributed by atoms with E-state index in [2.05, 4.69) is 48.8 Å². The number of ether oxygens (including phenoxy) is 3. The Hall–Kier alpha value is -4.37. The van der Waals surface area contributed by atoms with E-state index in [1.807, 2.05) is 42.5 Å². The van der Waals surface area contributed by atoms with E-state index in [4.69, 9.17) is 14.2 Å². The van der Waals surface area contributed by atoms with Crippen molar-refractivity contribution in [3.8, 4) is 5.75 Å². The number of carboxylic acids is 1. The van der Waals surface area contributed by atoms with E-state index in [1.165, 1.54) is 0 Å². The zero-order valence-electron chi connectivity index (χ0n) is 28.1.